The second-order valence-corrected chi connectivity index (χ2v) is 5.94. The van der Waals surface area contributed by atoms with Crippen LogP contribution in [0.2, 0.25) is 0 Å². The summed E-state index contributed by atoms with van der Waals surface area (Å²) in [6, 6.07) is 0. The molecule has 1 aliphatic rings. The Labute approximate surface area is 122 Å². The number of piperidine rings is 1. The molecule has 0 spiro atoms. The third-order valence-corrected chi connectivity index (χ3v) is 4.13. The zero-order chi connectivity index (χ0) is 14.8. The molecule has 1 rings (SSSR count). The van der Waals surface area contributed by atoms with Crippen LogP contribution in [0.3, 0.4) is 0 Å². The van der Waals surface area contributed by atoms with Gasteiger partial charge in [-0.1, -0.05) is 32.6 Å². The van der Waals surface area contributed by atoms with Gasteiger partial charge in [0.2, 0.25) is 5.91 Å². The maximum absolute atomic E-state index is 12.1. The van der Waals surface area contributed by atoms with Crippen molar-refractivity contribution in [2.75, 3.05) is 13.1 Å². The van der Waals surface area contributed by atoms with E-state index in [4.69, 9.17) is 5.11 Å². The minimum absolute atomic E-state index is 0.226. The molecule has 4 heteroatoms. The van der Waals surface area contributed by atoms with Crippen LogP contribution in [0, 0.1) is 5.92 Å². The van der Waals surface area contributed by atoms with Crippen LogP contribution in [0.25, 0.3) is 0 Å². The van der Waals surface area contributed by atoms with E-state index in [0.717, 1.165) is 38.8 Å². The van der Waals surface area contributed by atoms with E-state index in [2.05, 4.69) is 6.92 Å². The van der Waals surface area contributed by atoms with E-state index < -0.39 is 5.97 Å². The molecule has 4 nitrogen and oxygen atoms in total. The standard InChI is InChI=1S/C16H29NO3/c1-2-3-4-5-6-9-15(18)17-12-7-8-14(13-17)10-11-16(19)20/h14H,2-13H2,1H3,(H,19,20). The first-order valence-corrected chi connectivity index (χ1v) is 8.13. The van der Waals surface area contributed by atoms with Gasteiger partial charge in [0, 0.05) is 25.9 Å². The smallest absolute Gasteiger partial charge is 0.303 e. The maximum Gasteiger partial charge on any atom is 0.303 e. The molecule has 1 unspecified atom stereocenters. The number of carboxylic acid groups (broad SMARTS) is 1. The fourth-order valence-corrected chi connectivity index (χ4v) is 2.89. The minimum Gasteiger partial charge on any atom is -0.481 e. The van der Waals surface area contributed by atoms with Crippen LogP contribution in [0.4, 0.5) is 0 Å². The lowest BCUT2D eigenvalue weighted by Gasteiger charge is -2.32. The number of hydrogen-bond acceptors (Lipinski definition) is 2. The van der Waals surface area contributed by atoms with Gasteiger partial charge in [-0.05, 0) is 31.6 Å². The van der Waals surface area contributed by atoms with E-state index in [0.29, 0.717) is 18.8 Å². The van der Waals surface area contributed by atoms with Crippen LogP contribution in [0.1, 0.15) is 71.1 Å². The van der Waals surface area contributed by atoms with Crippen molar-refractivity contribution in [3.8, 4) is 0 Å². The predicted octanol–water partition coefficient (Wildman–Crippen LogP) is 3.45. The monoisotopic (exact) mass is 283 g/mol. The summed E-state index contributed by atoms with van der Waals surface area (Å²) in [5, 5.41) is 8.73. The van der Waals surface area contributed by atoms with Gasteiger partial charge in [0.05, 0.1) is 0 Å². The van der Waals surface area contributed by atoms with Crippen LogP contribution < -0.4 is 0 Å². The first kappa shape index (κ1) is 17.0. The molecule has 116 valence electrons. The van der Waals surface area contributed by atoms with Gasteiger partial charge < -0.3 is 10.0 Å². The lowest BCUT2D eigenvalue weighted by Crippen LogP contribution is -2.39. The molecule has 0 radical (unpaired) electrons. The molecule has 1 heterocycles. The van der Waals surface area contributed by atoms with Crippen molar-refractivity contribution in [1.29, 1.82) is 0 Å². The molecule has 1 saturated heterocycles. The van der Waals surface area contributed by atoms with Crippen molar-refractivity contribution in [3.05, 3.63) is 0 Å². The van der Waals surface area contributed by atoms with E-state index >= 15 is 0 Å². The number of nitrogens with zero attached hydrogens (tertiary/aromatic N) is 1. The fraction of sp³-hybridized carbons (Fsp3) is 0.875. The molecule has 0 aromatic rings. The van der Waals surface area contributed by atoms with Crippen LogP contribution in [-0.4, -0.2) is 35.0 Å². The molecule has 0 bridgehead atoms. The predicted molar refractivity (Wildman–Crippen MR) is 79.5 cm³/mol. The second-order valence-electron chi connectivity index (χ2n) is 5.94. The molecule has 1 aliphatic heterocycles. The minimum atomic E-state index is -0.732. The van der Waals surface area contributed by atoms with Gasteiger partial charge >= 0.3 is 5.97 Å². The summed E-state index contributed by atoms with van der Waals surface area (Å²) in [5.41, 5.74) is 0. The van der Waals surface area contributed by atoms with Crippen LogP contribution in [0.15, 0.2) is 0 Å². The average molecular weight is 283 g/mol. The third kappa shape index (κ3) is 6.92. The summed E-state index contributed by atoms with van der Waals surface area (Å²) in [5.74, 6) is -0.0882. The first-order chi connectivity index (χ1) is 9.63. The molecule has 0 aliphatic carbocycles. The number of carbonyl (C=O) groups is 2. The molecule has 0 saturated carbocycles. The van der Waals surface area contributed by atoms with E-state index in [1.54, 1.807) is 0 Å². The number of carboxylic acids is 1. The van der Waals surface area contributed by atoms with Crippen LogP contribution in [0.5, 0.6) is 0 Å². The van der Waals surface area contributed by atoms with Gasteiger partial charge in [-0.3, -0.25) is 9.59 Å². The van der Waals surface area contributed by atoms with Gasteiger partial charge in [0.1, 0.15) is 0 Å². The van der Waals surface area contributed by atoms with Crippen molar-refractivity contribution in [1.82, 2.24) is 4.90 Å². The van der Waals surface area contributed by atoms with Gasteiger partial charge in [-0.25, -0.2) is 0 Å². The first-order valence-electron chi connectivity index (χ1n) is 8.13. The zero-order valence-corrected chi connectivity index (χ0v) is 12.8. The van der Waals surface area contributed by atoms with Crippen molar-refractivity contribution in [2.24, 2.45) is 5.92 Å². The average Bonchev–Trinajstić information content (AvgIpc) is 2.45. The van der Waals surface area contributed by atoms with E-state index in [1.807, 2.05) is 4.90 Å². The number of unbranched alkanes of at least 4 members (excludes halogenated alkanes) is 4. The Morgan fingerprint density at radius 2 is 1.90 bits per heavy atom. The molecule has 1 fully saturated rings. The van der Waals surface area contributed by atoms with Gasteiger partial charge in [-0.15, -0.1) is 0 Å². The molecular weight excluding hydrogens is 254 g/mol. The second kappa shape index (κ2) is 9.78. The highest BCUT2D eigenvalue weighted by atomic mass is 16.4. The Balaban J connectivity index is 2.20. The number of amides is 1. The SMILES string of the molecule is CCCCCCCC(=O)N1CCCC(CCC(=O)O)C1. The zero-order valence-electron chi connectivity index (χ0n) is 12.8. The third-order valence-electron chi connectivity index (χ3n) is 4.13. The summed E-state index contributed by atoms with van der Waals surface area (Å²) in [6.07, 6.45) is 9.53. The number of likely N-dealkylation sites (tertiary alicyclic amines) is 1. The summed E-state index contributed by atoms with van der Waals surface area (Å²) in [4.78, 5) is 24.7. The van der Waals surface area contributed by atoms with Gasteiger partial charge in [0.15, 0.2) is 0 Å². The summed E-state index contributed by atoms with van der Waals surface area (Å²) in [7, 11) is 0. The lowest BCUT2D eigenvalue weighted by molar-refractivity contribution is -0.137. The molecule has 1 amide bonds. The Kier molecular flexibility index (Phi) is 8.31. The highest BCUT2D eigenvalue weighted by Crippen LogP contribution is 2.22. The summed E-state index contributed by atoms with van der Waals surface area (Å²) in [6.45, 7) is 3.81. The number of aliphatic carboxylic acids is 1. The van der Waals surface area contributed by atoms with Crippen molar-refractivity contribution >= 4 is 11.9 Å². The number of carbonyl (C=O) groups excluding carboxylic acids is 1. The van der Waals surface area contributed by atoms with Crippen molar-refractivity contribution in [2.45, 2.75) is 71.1 Å². The van der Waals surface area contributed by atoms with Crippen LogP contribution in [-0.2, 0) is 9.59 Å². The molecule has 1 N–H and O–H groups in total. The molecule has 0 aromatic heterocycles. The Bertz CT molecular complexity index is 304. The van der Waals surface area contributed by atoms with Crippen molar-refractivity contribution < 1.29 is 14.7 Å². The topological polar surface area (TPSA) is 57.6 Å². The molecule has 1 atom stereocenters. The van der Waals surface area contributed by atoms with E-state index in [9.17, 15) is 9.59 Å². The Morgan fingerprint density at radius 1 is 1.15 bits per heavy atom. The summed E-state index contributed by atoms with van der Waals surface area (Å²) < 4.78 is 0. The fourth-order valence-electron chi connectivity index (χ4n) is 2.89. The van der Waals surface area contributed by atoms with Crippen LogP contribution >= 0.6 is 0 Å². The quantitative estimate of drug-likeness (QED) is 0.659. The molecular formula is C16H29NO3. The van der Waals surface area contributed by atoms with E-state index in [1.165, 1.54) is 19.3 Å². The summed E-state index contributed by atoms with van der Waals surface area (Å²) >= 11 is 0. The molecule has 0 aromatic carbocycles. The molecule has 20 heavy (non-hydrogen) atoms. The van der Waals surface area contributed by atoms with Gasteiger partial charge in [-0.2, -0.15) is 0 Å². The van der Waals surface area contributed by atoms with Gasteiger partial charge in [0.25, 0.3) is 0 Å². The Hall–Kier alpha value is -1.06. The lowest BCUT2D eigenvalue weighted by atomic mass is 9.93. The largest absolute Gasteiger partial charge is 0.481 e. The Morgan fingerprint density at radius 3 is 2.60 bits per heavy atom. The highest BCUT2D eigenvalue weighted by molar-refractivity contribution is 5.76. The number of rotatable bonds is 9. The maximum atomic E-state index is 12.1. The van der Waals surface area contributed by atoms with E-state index in [-0.39, 0.29) is 12.3 Å². The number of hydrogen-bond donors (Lipinski definition) is 1. The van der Waals surface area contributed by atoms with Crippen molar-refractivity contribution in [3.63, 3.8) is 0 Å². The highest BCUT2D eigenvalue weighted by Gasteiger charge is 2.23. The normalized spacial score (nSPS) is 19.1.